The van der Waals surface area contributed by atoms with Gasteiger partial charge in [-0.3, -0.25) is 24.6 Å². The van der Waals surface area contributed by atoms with E-state index in [2.05, 4.69) is 20.4 Å². The summed E-state index contributed by atoms with van der Waals surface area (Å²) in [6.07, 6.45) is 0. The van der Waals surface area contributed by atoms with E-state index in [1.807, 2.05) is 39.0 Å². The SMILES string of the molecule is Cc1cccc(C)c1NC(=O)CNC(=O)[C@@H](C)N1CCN(c2ccc([N+](=O)[O-])cc2)CC1. The molecule has 0 radical (unpaired) electrons. The Kier molecular flexibility index (Phi) is 7.42. The van der Waals surface area contributed by atoms with Crippen LogP contribution in [0.25, 0.3) is 0 Å². The van der Waals surface area contributed by atoms with Crippen LogP contribution in [0.1, 0.15) is 18.1 Å². The van der Waals surface area contributed by atoms with Crippen molar-refractivity contribution in [3.63, 3.8) is 0 Å². The molecule has 0 aromatic heterocycles. The normalized spacial score (nSPS) is 15.2. The molecule has 1 fully saturated rings. The van der Waals surface area contributed by atoms with E-state index >= 15 is 0 Å². The highest BCUT2D eigenvalue weighted by molar-refractivity contribution is 5.96. The lowest BCUT2D eigenvalue weighted by molar-refractivity contribution is -0.384. The maximum absolute atomic E-state index is 12.6. The Labute approximate surface area is 187 Å². The molecule has 0 spiro atoms. The second-order valence-corrected chi connectivity index (χ2v) is 8.01. The van der Waals surface area contributed by atoms with Crippen molar-refractivity contribution in [1.29, 1.82) is 0 Å². The predicted molar refractivity (Wildman–Crippen MR) is 124 cm³/mol. The third kappa shape index (κ3) is 5.61. The summed E-state index contributed by atoms with van der Waals surface area (Å²) >= 11 is 0. The van der Waals surface area contributed by atoms with Crippen molar-refractivity contribution in [3.05, 3.63) is 63.7 Å². The molecule has 0 bridgehead atoms. The van der Waals surface area contributed by atoms with E-state index in [-0.39, 0.29) is 30.1 Å². The van der Waals surface area contributed by atoms with Gasteiger partial charge in [0, 0.05) is 49.7 Å². The number of anilines is 2. The molecule has 1 aliphatic rings. The van der Waals surface area contributed by atoms with Crippen molar-refractivity contribution in [2.45, 2.75) is 26.8 Å². The van der Waals surface area contributed by atoms with Crippen molar-refractivity contribution >= 4 is 28.9 Å². The van der Waals surface area contributed by atoms with E-state index in [0.29, 0.717) is 26.2 Å². The van der Waals surface area contributed by atoms with Crippen LogP contribution in [-0.4, -0.2) is 60.4 Å². The standard InChI is InChI=1S/C23H29N5O4/c1-16-5-4-6-17(2)22(16)25-21(29)15-24-23(30)18(3)26-11-13-27(14-12-26)19-7-9-20(10-8-19)28(31)32/h4-10,18H,11-15H2,1-3H3,(H,24,30)(H,25,29)/t18-/m1/s1. The van der Waals surface area contributed by atoms with Gasteiger partial charge in [0.15, 0.2) is 0 Å². The first-order chi connectivity index (χ1) is 15.3. The highest BCUT2D eigenvalue weighted by Gasteiger charge is 2.26. The van der Waals surface area contributed by atoms with Crippen LogP contribution in [0.15, 0.2) is 42.5 Å². The molecule has 9 heteroatoms. The molecule has 3 rings (SSSR count). The van der Waals surface area contributed by atoms with Crippen molar-refractivity contribution in [2.24, 2.45) is 0 Å². The topological polar surface area (TPSA) is 108 Å². The van der Waals surface area contributed by atoms with Crippen LogP contribution in [0, 0.1) is 24.0 Å². The quantitative estimate of drug-likeness (QED) is 0.507. The van der Waals surface area contributed by atoms with Gasteiger partial charge in [-0.1, -0.05) is 18.2 Å². The number of benzene rings is 2. The number of nitro groups is 1. The van der Waals surface area contributed by atoms with Gasteiger partial charge < -0.3 is 15.5 Å². The summed E-state index contributed by atoms with van der Waals surface area (Å²) in [6, 6.07) is 11.9. The Morgan fingerprint density at radius 3 is 2.19 bits per heavy atom. The number of carbonyl (C=O) groups is 2. The van der Waals surface area contributed by atoms with Crippen molar-refractivity contribution < 1.29 is 14.5 Å². The molecule has 2 amide bonds. The molecule has 1 atom stereocenters. The van der Waals surface area contributed by atoms with E-state index in [4.69, 9.17) is 0 Å². The molecular formula is C23H29N5O4. The molecule has 0 saturated carbocycles. The minimum Gasteiger partial charge on any atom is -0.369 e. The summed E-state index contributed by atoms with van der Waals surface area (Å²) in [5.74, 6) is -0.448. The summed E-state index contributed by atoms with van der Waals surface area (Å²) < 4.78 is 0. The van der Waals surface area contributed by atoms with E-state index in [9.17, 15) is 19.7 Å². The Bertz CT molecular complexity index is 964. The number of nitrogens with zero attached hydrogens (tertiary/aromatic N) is 3. The van der Waals surface area contributed by atoms with Gasteiger partial charge in [-0.15, -0.1) is 0 Å². The first-order valence-corrected chi connectivity index (χ1v) is 10.6. The second-order valence-electron chi connectivity index (χ2n) is 8.01. The Balaban J connectivity index is 1.46. The minimum absolute atomic E-state index is 0.0688. The lowest BCUT2D eigenvalue weighted by Gasteiger charge is -2.38. The predicted octanol–water partition coefficient (Wildman–Crippen LogP) is 2.48. The van der Waals surface area contributed by atoms with Crippen LogP contribution in [0.2, 0.25) is 0 Å². The second kappa shape index (κ2) is 10.2. The van der Waals surface area contributed by atoms with Gasteiger partial charge in [0.2, 0.25) is 11.8 Å². The Hall–Kier alpha value is -3.46. The number of piperazine rings is 1. The zero-order valence-corrected chi connectivity index (χ0v) is 18.6. The first-order valence-electron chi connectivity index (χ1n) is 10.6. The molecule has 170 valence electrons. The van der Waals surface area contributed by atoms with Gasteiger partial charge in [-0.2, -0.15) is 0 Å². The van der Waals surface area contributed by atoms with Gasteiger partial charge >= 0.3 is 0 Å². The van der Waals surface area contributed by atoms with Gasteiger partial charge in [-0.05, 0) is 44.0 Å². The van der Waals surface area contributed by atoms with Crippen LogP contribution < -0.4 is 15.5 Å². The molecule has 1 saturated heterocycles. The number of non-ortho nitro benzene ring substituents is 1. The summed E-state index contributed by atoms with van der Waals surface area (Å²) in [4.78, 5) is 39.5. The Morgan fingerprint density at radius 1 is 1.03 bits per heavy atom. The van der Waals surface area contributed by atoms with Crippen molar-refractivity contribution in [2.75, 3.05) is 42.9 Å². The van der Waals surface area contributed by atoms with Crippen LogP contribution in [0.4, 0.5) is 17.1 Å². The summed E-state index contributed by atoms with van der Waals surface area (Å²) in [5.41, 5.74) is 3.73. The van der Waals surface area contributed by atoms with Crippen LogP contribution in [0.3, 0.4) is 0 Å². The average molecular weight is 440 g/mol. The zero-order chi connectivity index (χ0) is 23.3. The monoisotopic (exact) mass is 439 g/mol. The number of para-hydroxylation sites is 1. The number of amides is 2. The molecule has 2 aromatic rings. The summed E-state index contributed by atoms with van der Waals surface area (Å²) in [6.45, 7) is 8.39. The summed E-state index contributed by atoms with van der Waals surface area (Å²) in [7, 11) is 0. The molecule has 1 aliphatic heterocycles. The number of nitro benzene ring substituents is 1. The molecule has 2 aromatic carbocycles. The van der Waals surface area contributed by atoms with Gasteiger partial charge in [-0.25, -0.2) is 0 Å². The Morgan fingerprint density at radius 2 is 1.62 bits per heavy atom. The molecule has 0 aliphatic carbocycles. The molecule has 1 heterocycles. The fraction of sp³-hybridized carbons (Fsp3) is 0.391. The molecule has 0 unspecified atom stereocenters. The number of nitrogens with one attached hydrogen (secondary N) is 2. The van der Waals surface area contributed by atoms with Crippen molar-refractivity contribution in [1.82, 2.24) is 10.2 Å². The van der Waals surface area contributed by atoms with E-state index < -0.39 is 4.92 Å². The third-order valence-electron chi connectivity index (χ3n) is 5.84. The maximum atomic E-state index is 12.6. The average Bonchev–Trinajstić information content (AvgIpc) is 2.79. The highest BCUT2D eigenvalue weighted by atomic mass is 16.6. The molecule has 9 nitrogen and oxygen atoms in total. The fourth-order valence-electron chi connectivity index (χ4n) is 3.83. The number of aryl methyl sites for hydroxylation is 2. The van der Waals surface area contributed by atoms with Gasteiger partial charge in [0.1, 0.15) is 0 Å². The first kappa shape index (κ1) is 23.2. The van der Waals surface area contributed by atoms with E-state index in [1.54, 1.807) is 12.1 Å². The lowest BCUT2D eigenvalue weighted by Crippen LogP contribution is -2.54. The fourth-order valence-corrected chi connectivity index (χ4v) is 3.83. The van der Waals surface area contributed by atoms with Crippen LogP contribution in [-0.2, 0) is 9.59 Å². The largest absolute Gasteiger partial charge is 0.369 e. The maximum Gasteiger partial charge on any atom is 0.269 e. The smallest absolute Gasteiger partial charge is 0.269 e. The molecular weight excluding hydrogens is 410 g/mol. The minimum atomic E-state index is -0.412. The molecule has 2 N–H and O–H groups in total. The lowest BCUT2D eigenvalue weighted by atomic mass is 10.1. The van der Waals surface area contributed by atoms with Crippen molar-refractivity contribution in [3.8, 4) is 0 Å². The van der Waals surface area contributed by atoms with E-state index in [1.165, 1.54) is 12.1 Å². The summed E-state index contributed by atoms with van der Waals surface area (Å²) in [5, 5.41) is 16.4. The zero-order valence-electron chi connectivity index (χ0n) is 18.6. The highest BCUT2D eigenvalue weighted by Crippen LogP contribution is 2.21. The number of hydrogen-bond acceptors (Lipinski definition) is 6. The number of hydrogen-bond donors (Lipinski definition) is 2. The molecule has 32 heavy (non-hydrogen) atoms. The van der Waals surface area contributed by atoms with Gasteiger partial charge in [0.05, 0.1) is 17.5 Å². The van der Waals surface area contributed by atoms with Crippen LogP contribution in [0.5, 0.6) is 0 Å². The van der Waals surface area contributed by atoms with Crippen LogP contribution >= 0.6 is 0 Å². The van der Waals surface area contributed by atoms with Gasteiger partial charge in [0.25, 0.3) is 5.69 Å². The van der Waals surface area contributed by atoms with E-state index in [0.717, 1.165) is 22.5 Å². The number of carbonyl (C=O) groups excluding carboxylic acids is 2. The number of rotatable bonds is 7. The third-order valence-corrected chi connectivity index (χ3v) is 5.84.